The van der Waals surface area contributed by atoms with Gasteiger partial charge in [-0.15, -0.1) is 24.0 Å². The van der Waals surface area contributed by atoms with Gasteiger partial charge in [0.25, 0.3) is 0 Å². The number of halogens is 1. The van der Waals surface area contributed by atoms with Gasteiger partial charge in [-0.05, 0) is 44.4 Å². The third-order valence-electron chi connectivity index (χ3n) is 4.51. The van der Waals surface area contributed by atoms with Gasteiger partial charge in [0.05, 0.1) is 6.54 Å². The number of aliphatic imine (C=N–C) groups is 1. The molecule has 160 valence electrons. The van der Waals surface area contributed by atoms with Crippen LogP contribution < -0.4 is 20.1 Å². The molecule has 0 radical (unpaired) electrons. The van der Waals surface area contributed by atoms with Crippen LogP contribution in [-0.2, 0) is 10.2 Å². The molecule has 0 spiro atoms. The second kappa shape index (κ2) is 13.1. The van der Waals surface area contributed by atoms with Gasteiger partial charge in [0.15, 0.2) is 17.5 Å². The summed E-state index contributed by atoms with van der Waals surface area (Å²) < 4.78 is 16.7. The van der Waals surface area contributed by atoms with Gasteiger partial charge in [-0.1, -0.05) is 19.9 Å². The Balaban J connectivity index is 0.00000392. The summed E-state index contributed by atoms with van der Waals surface area (Å²) in [4.78, 5) is 4.80. The molecule has 2 N–H and O–H groups in total. The summed E-state index contributed by atoms with van der Waals surface area (Å²) in [7, 11) is 0. The van der Waals surface area contributed by atoms with E-state index in [-0.39, 0.29) is 29.4 Å². The van der Waals surface area contributed by atoms with Gasteiger partial charge in [-0.25, -0.2) is 0 Å². The first kappa shape index (κ1) is 24.8. The predicted octanol–water partition coefficient (Wildman–Crippen LogP) is 3.73. The lowest BCUT2D eigenvalue weighted by Gasteiger charge is -2.26. The number of hydrogen-bond donors (Lipinski definition) is 2. The van der Waals surface area contributed by atoms with Crippen molar-refractivity contribution >= 4 is 29.9 Å². The second-order valence-corrected chi connectivity index (χ2v) is 7.27. The highest BCUT2D eigenvalue weighted by Gasteiger charge is 2.23. The van der Waals surface area contributed by atoms with Gasteiger partial charge < -0.3 is 24.8 Å². The van der Waals surface area contributed by atoms with E-state index in [0.29, 0.717) is 19.8 Å². The predicted molar refractivity (Wildman–Crippen MR) is 126 cm³/mol. The Morgan fingerprint density at radius 2 is 1.86 bits per heavy atom. The number of fused-ring (bicyclic) bond motifs is 1. The first-order chi connectivity index (χ1) is 13.1. The maximum absolute atomic E-state index is 5.72. The highest BCUT2D eigenvalue weighted by atomic mass is 127. The number of rotatable bonds is 10. The third kappa shape index (κ3) is 8.03. The van der Waals surface area contributed by atoms with E-state index >= 15 is 0 Å². The van der Waals surface area contributed by atoms with E-state index in [1.165, 1.54) is 5.56 Å². The summed E-state index contributed by atoms with van der Waals surface area (Å²) in [5.41, 5.74) is 1.09. The molecule has 0 saturated heterocycles. The zero-order valence-corrected chi connectivity index (χ0v) is 20.0. The van der Waals surface area contributed by atoms with E-state index in [4.69, 9.17) is 19.2 Å². The Hall–Kier alpha value is -1.22. The summed E-state index contributed by atoms with van der Waals surface area (Å²) in [6.07, 6.45) is 2.12. The number of ether oxygens (including phenoxy) is 3. The Morgan fingerprint density at radius 1 is 1.11 bits per heavy atom. The molecule has 2 rings (SSSR count). The van der Waals surface area contributed by atoms with Crippen molar-refractivity contribution in [3.63, 3.8) is 0 Å². The van der Waals surface area contributed by atoms with Crippen LogP contribution in [0.4, 0.5) is 0 Å². The van der Waals surface area contributed by atoms with Crippen molar-refractivity contribution in [3.05, 3.63) is 23.8 Å². The van der Waals surface area contributed by atoms with E-state index in [2.05, 4.69) is 43.5 Å². The van der Waals surface area contributed by atoms with Crippen molar-refractivity contribution in [2.45, 2.75) is 46.0 Å². The van der Waals surface area contributed by atoms with Gasteiger partial charge >= 0.3 is 0 Å². The Labute approximate surface area is 186 Å². The van der Waals surface area contributed by atoms with Gasteiger partial charge in [-0.2, -0.15) is 0 Å². The van der Waals surface area contributed by atoms with Crippen LogP contribution in [0, 0.1) is 0 Å². The third-order valence-corrected chi connectivity index (χ3v) is 4.51. The zero-order valence-electron chi connectivity index (χ0n) is 17.7. The number of benzene rings is 1. The molecule has 0 atom stereocenters. The Kier molecular flexibility index (Phi) is 11.6. The lowest BCUT2D eigenvalue weighted by Crippen LogP contribution is -2.39. The summed E-state index contributed by atoms with van der Waals surface area (Å²) >= 11 is 0. The molecule has 0 saturated carbocycles. The van der Waals surface area contributed by atoms with Crippen molar-refractivity contribution in [3.8, 4) is 11.5 Å². The molecule has 0 bridgehead atoms. The summed E-state index contributed by atoms with van der Waals surface area (Å²) in [6.45, 7) is 13.8. The lowest BCUT2D eigenvalue weighted by molar-refractivity contribution is 0.143. The SMILES string of the molecule is CCNC(=NCC(C)(C)c1ccc2c(c1)OCCO2)NCCCCOCC.I. The summed E-state index contributed by atoms with van der Waals surface area (Å²) in [5.74, 6) is 2.51. The fourth-order valence-electron chi connectivity index (χ4n) is 2.85. The molecule has 0 fully saturated rings. The van der Waals surface area contributed by atoms with Crippen molar-refractivity contribution in [2.75, 3.05) is 46.1 Å². The van der Waals surface area contributed by atoms with Crippen LogP contribution in [0.15, 0.2) is 23.2 Å². The smallest absolute Gasteiger partial charge is 0.191 e. The standard InChI is InChI=1S/C21H35N3O3.HI/c1-5-22-20(23-11-7-8-12-25-6-2)24-16-21(3,4)17-9-10-18-19(15-17)27-14-13-26-18;/h9-10,15H,5-8,11-14,16H2,1-4H3,(H2,22,23,24);1H. The zero-order chi connectivity index (χ0) is 19.5. The number of nitrogens with one attached hydrogen (secondary N) is 2. The number of guanidine groups is 1. The molecule has 28 heavy (non-hydrogen) atoms. The monoisotopic (exact) mass is 505 g/mol. The Morgan fingerprint density at radius 3 is 2.57 bits per heavy atom. The molecule has 1 aromatic carbocycles. The van der Waals surface area contributed by atoms with Crippen molar-refractivity contribution in [2.24, 2.45) is 4.99 Å². The molecular weight excluding hydrogens is 469 g/mol. The van der Waals surface area contributed by atoms with Crippen LogP contribution >= 0.6 is 24.0 Å². The quantitative estimate of drug-likeness (QED) is 0.220. The minimum Gasteiger partial charge on any atom is -0.486 e. The molecule has 7 heteroatoms. The first-order valence-electron chi connectivity index (χ1n) is 10.1. The van der Waals surface area contributed by atoms with E-state index in [9.17, 15) is 0 Å². The Bertz CT molecular complexity index is 609. The summed E-state index contributed by atoms with van der Waals surface area (Å²) in [5, 5.41) is 6.73. The fourth-order valence-corrected chi connectivity index (χ4v) is 2.85. The normalized spacial score (nSPS) is 13.6. The number of hydrogen-bond acceptors (Lipinski definition) is 4. The summed E-state index contributed by atoms with van der Waals surface area (Å²) in [6, 6.07) is 6.19. The molecule has 1 aliphatic heterocycles. The second-order valence-electron chi connectivity index (χ2n) is 7.27. The minimum atomic E-state index is -0.104. The highest BCUT2D eigenvalue weighted by molar-refractivity contribution is 14.0. The minimum absolute atomic E-state index is 0. The average molecular weight is 505 g/mol. The van der Waals surface area contributed by atoms with Crippen LogP contribution in [0.5, 0.6) is 11.5 Å². The van der Waals surface area contributed by atoms with E-state index < -0.39 is 0 Å². The molecular formula is C21H36IN3O3. The van der Waals surface area contributed by atoms with E-state index in [1.807, 2.05) is 13.0 Å². The molecule has 0 unspecified atom stereocenters. The van der Waals surface area contributed by atoms with Gasteiger partial charge in [0.2, 0.25) is 0 Å². The van der Waals surface area contributed by atoms with E-state index in [1.54, 1.807) is 0 Å². The van der Waals surface area contributed by atoms with Crippen LogP contribution in [-0.4, -0.2) is 52.0 Å². The molecule has 0 amide bonds. The molecule has 0 aliphatic carbocycles. The molecule has 6 nitrogen and oxygen atoms in total. The fraction of sp³-hybridized carbons (Fsp3) is 0.667. The van der Waals surface area contributed by atoms with Crippen molar-refractivity contribution in [1.82, 2.24) is 10.6 Å². The molecule has 0 aromatic heterocycles. The van der Waals surface area contributed by atoms with Gasteiger partial charge in [-0.3, -0.25) is 4.99 Å². The van der Waals surface area contributed by atoms with Crippen molar-refractivity contribution in [1.29, 1.82) is 0 Å². The van der Waals surface area contributed by atoms with Crippen LogP contribution in [0.25, 0.3) is 0 Å². The van der Waals surface area contributed by atoms with Gasteiger partial charge in [0, 0.05) is 31.7 Å². The number of nitrogens with zero attached hydrogens (tertiary/aromatic N) is 1. The molecule has 1 aliphatic rings. The van der Waals surface area contributed by atoms with E-state index in [0.717, 1.165) is 56.6 Å². The maximum atomic E-state index is 5.72. The average Bonchev–Trinajstić information content (AvgIpc) is 2.68. The lowest BCUT2D eigenvalue weighted by atomic mass is 9.84. The maximum Gasteiger partial charge on any atom is 0.191 e. The number of unbranched alkanes of at least 4 members (excludes halogenated alkanes) is 1. The largest absolute Gasteiger partial charge is 0.486 e. The highest BCUT2D eigenvalue weighted by Crippen LogP contribution is 2.35. The van der Waals surface area contributed by atoms with Crippen molar-refractivity contribution < 1.29 is 14.2 Å². The van der Waals surface area contributed by atoms with Gasteiger partial charge in [0.1, 0.15) is 13.2 Å². The van der Waals surface area contributed by atoms with Crippen LogP contribution in [0.2, 0.25) is 0 Å². The molecule has 1 aromatic rings. The first-order valence-corrected chi connectivity index (χ1v) is 10.1. The molecule has 1 heterocycles. The van der Waals surface area contributed by atoms with Crippen LogP contribution in [0.1, 0.15) is 46.1 Å². The van der Waals surface area contributed by atoms with Crippen LogP contribution in [0.3, 0.4) is 0 Å². The topological polar surface area (TPSA) is 64.1 Å².